The standard InChI is InChI=1S/C22H25ClN4O2/c1-3-4-11-27(14-21(28)25-19-12-16(23)10-9-15(19)2)13-20-24-18-8-6-5-7-17(18)22(29)26-20/h5-10,12H,3-4,11,13-14H2,1-2H3,(H,25,28)(H,24,26,29). The fraction of sp³-hybridized carbons (Fsp3) is 0.318. The van der Waals surface area contributed by atoms with Crippen molar-refractivity contribution in [3.05, 3.63) is 69.2 Å². The van der Waals surface area contributed by atoms with E-state index >= 15 is 0 Å². The number of rotatable bonds is 8. The van der Waals surface area contributed by atoms with Crippen molar-refractivity contribution in [1.29, 1.82) is 0 Å². The van der Waals surface area contributed by atoms with E-state index in [-0.39, 0.29) is 18.0 Å². The van der Waals surface area contributed by atoms with Gasteiger partial charge in [-0.05, 0) is 49.7 Å². The molecule has 0 atom stereocenters. The number of anilines is 1. The number of aromatic nitrogens is 2. The Hall–Kier alpha value is -2.70. The van der Waals surface area contributed by atoms with Crippen LogP contribution in [-0.2, 0) is 11.3 Å². The Morgan fingerprint density at radius 3 is 2.83 bits per heavy atom. The summed E-state index contributed by atoms with van der Waals surface area (Å²) in [5.74, 6) is 0.422. The maximum absolute atomic E-state index is 12.6. The van der Waals surface area contributed by atoms with E-state index < -0.39 is 0 Å². The first-order valence-electron chi connectivity index (χ1n) is 9.72. The summed E-state index contributed by atoms with van der Waals surface area (Å²) in [6.07, 6.45) is 1.95. The molecule has 3 rings (SSSR count). The Morgan fingerprint density at radius 2 is 2.03 bits per heavy atom. The van der Waals surface area contributed by atoms with E-state index in [1.165, 1.54) is 0 Å². The average Bonchev–Trinajstić information content (AvgIpc) is 2.69. The Balaban J connectivity index is 1.75. The molecule has 6 nitrogen and oxygen atoms in total. The summed E-state index contributed by atoms with van der Waals surface area (Å²) in [6, 6.07) is 12.6. The average molecular weight is 413 g/mol. The molecule has 0 radical (unpaired) electrons. The minimum absolute atomic E-state index is 0.130. The van der Waals surface area contributed by atoms with Crippen LogP contribution in [-0.4, -0.2) is 33.9 Å². The summed E-state index contributed by atoms with van der Waals surface area (Å²) in [4.78, 5) is 34.3. The molecule has 0 unspecified atom stereocenters. The molecule has 1 amide bonds. The van der Waals surface area contributed by atoms with Gasteiger partial charge in [0.25, 0.3) is 5.56 Å². The second-order valence-electron chi connectivity index (χ2n) is 7.10. The van der Waals surface area contributed by atoms with Crippen LogP contribution in [0, 0.1) is 6.92 Å². The van der Waals surface area contributed by atoms with Crippen LogP contribution in [0.25, 0.3) is 10.9 Å². The highest BCUT2D eigenvalue weighted by molar-refractivity contribution is 6.31. The smallest absolute Gasteiger partial charge is 0.258 e. The van der Waals surface area contributed by atoms with Gasteiger partial charge < -0.3 is 10.3 Å². The van der Waals surface area contributed by atoms with Gasteiger partial charge >= 0.3 is 0 Å². The summed E-state index contributed by atoms with van der Waals surface area (Å²) in [5.41, 5.74) is 2.14. The SMILES string of the molecule is CCCCN(CC(=O)Nc1cc(Cl)ccc1C)Cc1nc2ccccc2c(=O)[nH]1. The van der Waals surface area contributed by atoms with E-state index in [1.54, 1.807) is 18.2 Å². The van der Waals surface area contributed by atoms with E-state index in [0.29, 0.717) is 34.0 Å². The summed E-state index contributed by atoms with van der Waals surface area (Å²) < 4.78 is 0. The molecule has 7 heteroatoms. The highest BCUT2D eigenvalue weighted by atomic mass is 35.5. The molecule has 152 valence electrons. The van der Waals surface area contributed by atoms with Crippen molar-refractivity contribution in [3.8, 4) is 0 Å². The van der Waals surface area contributed by atoms with E-state index in [0.717, 1.165) is 24.9 Å². The first kappa shape index (κ1) is 21.0. The molecule has 0 aliphatic carbocycles. The van der Waals surface area contributed by atoms with Gasteiger partial charge in [-0.2, -0.15) is 0 Å². The molecule has 0 aliphatic heterocycles. The molecule has 0 aliphatic rings. The number of nitrogens with zero attached hydrogens (tertiary/aromatic N) is 2. The van der Waals surface area contributed by atoms with Crippen LogP contribution in [0.3, 0.4) is 0 Å². The lowest BCUT2D eigenvalue weighted by molar-refractivity contribution is -0.117. The highest BCUT2D eigenvalue weighted by Crippen LogP contribution is 2.20. The van der Waals surface area contributed by atoms with Crippen molar-refractivity contribution in [1.82, 2.24) is 14.9 Å². The molecule has 3 aromatic rings. The third-order valence-electron chi connectivity index (χ3n) is 4.70. The minimum atomic E-state index is -0.167. The second-order valence-corrected chi connectivity index (χ2v) is 7.54. The number of amides is 1. The van der Waals surface area contributed by atoms with Gasteiger partial charge in [0.1, 0.15) is 5.82 Å². The van der Waals surface area contributed by atoms with Crippen LogP contribution in [0.15, 0.2) is 47.3 Å². The number of H-pyrrole nitrogens is 1. The Labute approximate surface area is 174 Å². The lowest BCUT2D eigenvalue weighted by Gasteiger charge is -2.21. The molecular weight excluding hydrogens is 388 g/mol. The normalized spacial score (nSPS) is 11.2. The predicted octanol–water partition coefficient (Wildman–Crippen LogP) is 4.13. The van der Waals surface area contributed by atoms with Crippen LogP contribution >= 0.6 is 11.6 Å². The number of halogens is 1. The zero-order chi connectivity index (χ0) is 20.8. The first-order chi connectivity index (χ1) is 14.0. The summed E-state index contributed by atoms with van der Waals surface area (Å²) in [6.45, 7) is 5.34. The number of fused-ring (bicyclic) bond motifs is 1. The molecule has 1 heterocycles. The van der Waals surface area contributed by atoms with Gasteiger partial charge in [-0.1, -0.05) is 43.1 Å². The quantitative estimate of drug-likeness (QED) is 0.583. The van der Waals surface area contributed by atoms with Crippen molar-refractivity contribution < 1.29 is 4.79 Å². The van der Waals surface area contributed by atoms with Crippen LogP contribution in [0.1, 0.15) is 31.2 Å². The maximum atomic E-state index is 12.6. The topological polar surface area (TPSA) is 78.1 Å². The van der Waals surface area contributed by atoms with Crippen molar-refractivity contribution in [2.45, 2.75) is 33.2 Å². The molecule has 0 saturated carbocycles. The molecule has 0 saturated heterocycles. The number of hydrogen-bond donors (Lipinski definition) is 2. The van der Waals surface area contributed by atoms with Crippen LogP contribution < -0.4 is 10.9 Å². The molecule has 29 heavy (non-hydrogen) atoms. The highest BCUT2D eigenvalue weighted by Gasteiger charge is 2.14. The minimum Gasteiger partial charge on any atom is -0.325 e. The van der Waals surface area contributed by atoms with Gasteiger partial charge in [-0.15, -0.1) is 0 Å². The van der Waals surface area contributed by atoms with Crippen LogP contribution in [0.5, 0.6) is 0 Å². The monoisotopic (exact) mass is 412 g/mol. The van der Waals surface area contributed by atoms with Crippen molar-refractivity contribution in [3.63, 3.8) is 0 Å². The van der Waals surface area contributed by atoms with Gasteiger partial charge in [0, 0.05) is 10.7 Å². The number of para-hydroxylation sites is 1. The number of carbonyl (C=O) groups excluding carboxylic acids is 1. The van der Waals surface area contributed by atoms with E-state index in [2.05, 4.69) is 22.2 Å². The summed E-state index contributed by atoms with van der Waals surface area (Å²) >= 11 is 6.04. The Kier molecular flexibility index (Phi) is 7.01. The zero-order valence-corrected chi connectivity index (χ0v) is 17.4. The summed E-state index contributed by atoms with van der Waals surface area (Å²) in [5, 5.41) is 4.06. The molecule has 1 aromatic heterocycles. The zero-order valence-electron chi connectivity index (χ0n) is 16.7. The fourth-order valence-corrected chi connectivity index (χ4v) is 3.31. The molecule has 0 fully saturated rings. The third kappa shape index (κ3) is 5.65. The predicted molar refractivity (Wildman–Crippen MR) is 117 cm³/mol. The first-order valence-corrected chi connectivity index (χ1v) is 10.1. The number of carbonyl (C=O) groups is 1. The van der Waals surface area contributed by atoms with E-state index in [1.807, 2.05) is 36.1 Å². The van der Waals surface area contributed by atoms with Gasteiger partial charge in [-0.3, -0.25) is 14.5 Å². The van der Waals surface area contributed by atoms with Crippen LogP contribution in [0.4, 0.5) is 5.69 Å². The van der Waals surface area contributed by atoms with Gasteiger partial charge in [0.15, 0.2) is 0 Å². The molecule has 2 N–H and O–H groups in total. The lowest BCUT2D eigenvalue weighted by atomic mass is 10.2. The third-order valence-corrected chi connectivity index (χ3v) is 4.94. The van der Waals surface area contributed by atoms with E-state index in [4.69, 9.17) is 11.6 Å². The fourth-order valence-electron chi connectivity index (χ4n) is 3.14. The Morgan fingerprint density at radius 1 is 1.24 bits per heavy atom. The number of aromatic amines is 1. The molecular formula is C22H25ClN4O2. The van der Waals surface area contributed by atoms with Gasteiger partial charge in [-0.25, -0.2) is 4.98 Å². The van der Waals surface area contributed by atoms with Crippen molar-refractivity contribution in [2.24, 2.45) is 0 Å². The number of aryl methyl sites for hydroxylation is 1. The lowest BCUT2D eigenvalue weighted by Crippen LogP contribution is -2.34. The number of nitrogens with one attached hydrogen (secondary N) is 2. The summed E-state index contributed by atoms with van der Waals surface area (Å²) in [7, 11) is 0. The van der Waals surface area contributed by atoms with Crippen molar-refractivity contribution in [2.75, 3.05) is 18.4 Å². The number of hydrogen-bond acceptors (Lipinski definition) is 4. The second kappa shape index (κ2) is 9.67. The van der Waals surface area contributed by atoms with Gasteiger partial charge in [0.05, 0.1) is 24.0 Å². The molecule has 0 spiro atoms. The van der Waals surface area contributed by atoms with Crippen molar-refractivity contribution >= 4 is 34.1 Å². The largest absolute Gasteiger partial charge is 0.325 e. The molecule has 2 aromatic carbocycles. The van der Waals surface area contributed by atoms with Crippen LogP contribution in [0.2, 0.25) is 5.02 Å². The molecule has 0 bridgehead atoms. The van der Waals surface area contributed by atoms with E-state index in [9.17, 15) is 9.59 Å². The van der Waals surface area contributed by atoms with Gasteiger partial charge in [0.2, 0.25) is 5.91 Å². The maximum Gasteiger partial charge on any atom is 0.258 e. The number of unbranched alkanes of at least 4 members (excludes halogenated alkanes) is 1. The number of benzene rings is 2. The Bertz CT molecular complexity index is 1060.